The molecule has 0 bridgehead atoms. The largest absolute Gasteiger partial charge is 0.420 e. The molecule has 4 heteroatoms. The fraction of sp³-hybridized carbons (Fsp3) is 1.00. The first-order valence-electron chi connectivity index (χ1n) is 3.58. The quantitative estimate of drug-likeness (QED) is 0.611. The van der Waals surface area contributed by atoms with Crippen LogP contribution in [-0.4, -0.2) is 24.1 Å². The van der Waals surface area contributed by atoms with Crippen molar-refractivity contribution >= 4 is 17.0 Å². The highest BCUT2D eigenvalue weighted by Gasteiger charge is 2.24. The van der Waals surface area contributed by atoms with Gasteiger partial charge >= 0.3 is 0 Å². The minimum atomic E-state index is -1.53. The molecule has 0 aromatic rings. The SMILES string of the molecule is CC[Si](=O)C[Si](C)(C)OC. The van der Waals surface area contributed by atoms with E-state index in [1.54, 1.807) is 7.11 Å². The maximum absolute atomic E-state index is 11.1. The molecule has 0 aliphatic carbocycles. The maximum atomic E-state index is 11.1. The summed E-state index contributed by atoms with van der Waals surface area (Å²) in [4.78, 5) is 0. The van der Waals surface area contributed by atoms with E-state index in [1.165, 1.54) is 0 Å². The van der Waals surface area contributed by atoms with E-state index in [0.29, 0.717) is 0 Å². The highest BCUT2D eigenvalue weighted by atomic mass is 28.4. The predicted octanol–water partition coefficient (Wildman–Crippen LogP) is 1.82. The van der Waals surface area contributed by atoms with Gasteiger partial charge in [-0.2, -0.15) is 0 Å². The second-order valence-corrected chi connectivity index (χ2v) is 10.2. The molecule has 0 saturated carbocycles. The molecule has 0 aromatic heterocycles. The van der Waals surface area contributed by atoms with Gasteiger partial charge in [-0.3, -0.25) is 0 Å². The van der Waals surface area contributed by atoms with Gasteiger partial charge in [-0.05, 0) is 19.1 Å². The number of hydrogen-bond acceptors (Lipinski definition) is 2. The van der Waals surface area contributed by atoms with E-state index in [2.05, 4.69) is 13.1 Å². The summed E-state index contributed by atoms with van der Waals surface area (Å²) in [5.74, 6) is 0. The summed E-state index contributed by atoms with van der Waals surface area (Å²) in [5.41, 5.74) is 0.838. The molecule has 10 heavy (non-hydrogen) atoms. The van der Waals surface area contributed by atoms with Gasteiger partial charge in [-0.15, -0.1) is 0 Å². The molecule has 0 N–H and O–H groups in total. The van der Waals surface area contributed by atoms with Crippen LogP contribution in [-0.2, 0) is 8.89 Å². The Kier molecular flexibility index (Phi) is 4.23. The summed E-state index contributed by atoms with van der Waals surface area (Å²) in [7, 11) is -1.12. The third-order valence-corrected chi connectivity index (χ3v) is 8.45. The van der Waals surface area contributed by atoms with Crippen molar-refractivity contribution in [3.05, 3.63) is 0 Å². The molecule has 0 aromatic carbocycles. The Labute approximate surface area is 65.4 Å². The fourth-order valence-electron chi connectivity index (χ4n) is 0.672. The van der Waals surface area contributed by atoms with Crippen molar-refractivity contribution in [2.75, 3.05) is 7.11 Å². The van der Waals surface area contributed by atoms with Crippen LogP contribution in [0.1, 0.15) is 6.92 Å². The molecule has 0 saturated heterocycles. The van der Waals surface area contributed by atoms with Gasteiger partial charge in [-0.1, -0.05) is 6.92 Å². The van der Waals surface area contributed by atoms with Gasteiger partial charge in [-0.25, -0.2) is 0 Å². The van der Waals surface area contributed by atoms with Crippen molar-refractivity contribution in [2.45, 2.75) is 31.7 Å². The summed E-state index contributed by atoms with van der Waals surface area (Å²) in [6.45, 7) is 6.18. The lowest BCUT2D eigenvalue weighted by Gasteiger charge is -2.17. The van der Waals surface area contributed by atoms with Crippen molar-refractivity contribution in [1.82, 2.24) is 0 Å². The molecule has 60 valence electrons. The van der Waals surface area contributed by atoms with E-state index in [-0.39, 0.29) is 0 Å². The average molecular weight is 176 g/mol. The third-order valence-electron chi connectivity index (χ3n) is 1.57. The van der Waals surface area contributed by atoms with Crippen molar-refractivity contribution in [2.24, 2.45) is 0 Å². The van der Waals surface area contributed by atoms with Crippen LogP contribution in [0.2, 0.25) is 24.8 Å². The zero-order valence-corrected chi connectivity index (χ0v) is 9.23. The Morgan fingerprint density at radius 1 is 1.50 bits per heavy atom. The van der Waals surface area contributed by atoms with Gasteiger partial charge in [0, 0.05) is 12.8 Å². The van der Waals surface area contributed by atoms with Gasteiger partial charge in [0.1, 0.15) is 0 Å². The second kappa shape index (κ2) is 4.15. The lowest BCUT2D eigenvalue weighted by atomic mass is 11.0. The first-order valence-corrected chi connectivity index (χ1v) is 8.52. The monoisotopic (exact) mass is 176 g/mol. The van der Waals surface area contributed by atoms with Crippen LogP contribution in [0.3, 0.4) is 0 Å². The summed E-state index contributed by atoms with van der Waals surface area (Å²) in [6.07, 6.45) is 0. The van der Waals surface area contributed by atoms with Gasteiger partial charge in [0.25, 0.3) is 8.68 Å². The van der Waals surface area contributed by atoms with Crippen LogP contribution in [0, 0.1) is 0 Å². The lowest BCUT2D eigenvalue weighted by Crippen LogP contribution is -2.31. The van der Waals surface area contributed by atoms with Crippen LogP contribution in [0.5, 0.6) is 0 Å². The molecule has 0 unspecified atom stereocenters. The first-order chi connectivity index (χ1) is 4.52. The Morgan fingerprint density at radius 3 is 2.30 bits per heavy atom. The van der Waals surface area contributed by atoms with Crippen molar-refractivity contribution in [1.29, 1.82) is 0 Å². The molecule has 0 spiro atoms. The van der Waals surface area contributed by atoms with E-state index in [0.717, 1.165) is 11.7 Å². The Bertz CT molecular complexity index is 123. The molecule has 0 aliphatic rings. The normalized spacial score (nSPS) is 11.6. The molecular formula is C6H16O2Si2. The average Bonchev–Trinajstić information content (AvgIpc) is 1.87. The lowest BCUT2D eigenvalue weighted by molar-refractivity contribution is 0.407. The standard InChI is InChI=1S/C6H16O2Si2/c1-5-9(7)6-10(3,4)8-2/h5-6H2,1-4H3. The van der Waals surface area contributed by atoms with E-state index in [1.807, 2.05) is 6.92 Å². The highest BCUT2D eigenvalue weighted by Crippen LogP contribution is 2.10. The number of hydrogen-bond donors (Lipinski definition) is 0. The fourth-order valence-corrected chi connectivity index (χ4v) is 6.05. The van der Waals surface area contributed by atoms with Gasteiger partial charge in [0.15, 0.2) is 8.32 Å². The van der Waals surface area contributed by atoms with Gasteiger partial charge < -0.3 is 8.89 Å². The van der Waals surface area contributed by atoms with Crippen LogP contribution in [0.4, 0.5) is 0 Å². The molecule has 0 aliphatic heterocycles. The van der Waals surface area contributed by atoms with Crippen LogP contribution in [0.15, 0.2) is 0 Å². The van der Waals surface area contributed by atoms with E-state index in [4.69, 9.17) is 4.43 Å². The summed E-state index contributed by atoms with van der Waals surface area (Å²) >= 11 is 0. The van der Waals surface area contributed by atoms with Crippen LogP contribution in [0.25, 0.3) is 0 Å². The zero-order chi connectivity index (χ0) is 8.20. The smallest absolute Gasteiger partial charge is 0.275 e. The topological polar surface area (TPSA) is 26.3 Å². The first kappa shape index (κ1) is 10.2. The zero-order valence-electron chi connectivity index (χ0n) is 7.23. The molecule has 0 atom stereocenters. The molecule has 0 radical (unpaired) electrons. The van der Waals surface area contributed by atoms with Crippen LogP contribution >= 0.6 is 0 Å². The minimum absolute atomic E-state index is 0.824. The van der Waals surface area contributed by atoms with E-state index < -0.39 is 17.0 Å². The molecular weight excluding hydrogens is 160 g/mol. The highest BCUT2D eigenvalue weighted by molar-refractivity contribution is 6.80. The van der Waals surface area contributed by atoms with E-state index >= 15 is 0 Å². The maximum Gasteiger partial charge on any atom is 0.275 e. The Hall–Kier alpha value is 0.194. The van der Waals surface area contributed by atoms with Gasteiger partial charge in [0.2, 0.25) is 0 Å². The second-order valence-electron chi connectivity index (χ2n) is 3.03. The molecule has 0 rings (SSSR count). The van der Waals surface area contributed by atoms with Crippen molar-refractivity contribution < 1.29 is 8.89 Å². The Morgan fingerprint density at radius 2 is 2.00 bits per heavy atom. The summed E-state index contributed by atoms with van der Waals surface area (Å²) < 4.78 is 16.4. The van der Waals surface area contributed by atoms with Gasteiger partial charge in [0.05, 0.1) is 0 Å². The molecule has 0 heterocycles. The molecule has 2 nitrogen and oxygen atoms in total. The van der Waals surface area contributed by atoms with Crippen molar-refractivity contribution in [3.8, 4) is 0 Å². The summed E-state index contributed by atoms with van der Waals surface area (Å²) in [6, 6.07) is 0.824. The Balaban J connectivity index is 3.76. The molecule has 0 amide bonds. The third kappa shape index (κ3) is 4.08. The van der Waals surface area contributed by atoms with E-state index in [9.17, 15) is 4.46 Å². The minimum Gasteiger partial charge on any atom is -0.420 e. The summed E-state index contributed by atoms with van der Waals surface area (Å²) in [5, 5.41) is 0. The molecule has 0 fully saturated rings. The van der Waals surface area contributed by atoms with Crippen LogP contribution < -0.4 is 0 Å². The predicted molar refractivity (Wildman–Crippen MR) is 46.2 cm³/mol. The van der Waals surface area contributed by atoms with Crippen molar-refractivity contribution in [3.63, 3.8) is 0 Å². The number of rotatable bonds is 4.